The summed E-state index contributed by atoms with van der Waals surface area (Å²) in [6.07, 6.45) is 3.21. The first-order valence-corrected chi connectivity index (χ1v) is 11.9. The van der Waals surface area contributed by atoms with Crippen molar-refractivity contribution in [2.45, 2.75) is 19.4 Å². The summed E-state index contributed by atoms with van der Waals surface area (Å²) in [6, 6.07) is 14.1. The number of Topliss-reactive ketones (excluding diaryl/α,β-unsaturated/α-hetero) is 1. The van der Waals surface area contributed by atoms with Crippen LogP contribution in [0, 0.1) is 0 Å². The molecule has 36 heavy (non-hydrogen) atoms. The molecule has 1 aliphatic rings. The van der Waals surface area contributed by atoms with Gasteiger partial charge in [-0.25, -0.2) is 0 Å². The van der Waals surface area contributed by atoms with Gasteiger partial charge in [0.05, 0.1) is 36.2 Å². The van der Waals surface area contributed by atoms with Gasteiger partial charge in [0.2, 0.25) is 0 Å². The molecule has 1 atom stereocenters. The number of esters is 1. The highest BCUT2D eigenvalue weighted by atomic mass is 79.9. The zero-order chi connectivity index (χ0) is 25.8. The standard InChI is InChI=1S/C27H23BrN2O6/c1-3-36-22(31)14-16-4-7-19(8-5-16)30-24(17-10-12-29-13-11-17)23(26(33)27(30)34)25(32)18-6-9-21(35-2)20(28)15-18/h4-13,15,24,32H,3,14H2,1-2H3/b25-23-. The predicted molar refractivity (Wildman–Crippen MR) is 136 cm³/mol. The Morgan fingerprint density at radius 1 is 1.08 bits per heavy atom. The number of carbonyl (C=O) groups is 3. The number of aliphatic hydroxyl groups excluding tert-OH is 1. The van der Waals surface area contributed by atoms with Crippen LogP contribution in [-0.4, -0.2) is 41.5 Å². The van der Waals surface area contributed by atoms with E-state index in [0.29, 0.717) is 32.6 Å². The van der Waals surface area contributed by atoms with Crippen LogP contribution in [0.3, 0.4) is 0 Å². The van der Waals surface area contributed by atoms with Gasteiger partial charge in [0.1, 0.15) is 11.5 Å². The smallest absolute Gasteiger partial charge is 0.310 e. The molecule has 3 aromatic rings. The largest absolute Gasteiger partial charge is 0.507 e. The number of ketones is 1. The molecule has 1 amide bonds. The molecule has 0 aliphatic carbocycles. The van der Waals surface area contributed by atoms with E-state index < -0.39 is 17.7 Å². The minimum absolute atomic E-state index is 0.0427. The molecule has 1 fully saturated rings. The van der Waals surface area contributed by atoms with Crippen LogP contribution >= 0.6 is 15.9 Å². The first kappa shape index (κ1) is 25.1. The Balaban J connectivity index is 1.80. The van der Waals surface area contributed by atoms with Crippen molar-refractivity contribution >= 4 is 45.0 Å². The van der Waals surface area contributed by atoms with Gasteiger partial charge < -0.3 is 14.6 Å². The summed E-state index contributed by atoms with van der Waals surface area (Å²) in [5.41, 5.74) is 2.07. The molecule has 1 saturated heterocycles. The Hall–Kier alpha value is -3.98. The highest BCUT2D eigenvalue weighted by Crippen LogP contribution is 2.42. The number of aliphatic hydroxyl groups is 1. The molecule has 184 valence electrons. The van der Waals surface area contributed by atoms with Gasteiger partial charge in [-0.15, -0.1) is 0 Å². The van der Waals surface area contributed by atoms with E-state index in [4.69, 9.17) is 9.47 Å². The lowest BCUT2D eigenvalue weighted by Gasteiger charge is -2.25. The lowest BCUT2D eigenvalue weighted by molar-refractivity contribution is -0.142. The third kappa shape index (κ3) is 4.87. The fourth-order valence-electron chi connectivity index (χ4n) is 4.08. The van der Waals surface area contributed by atoms with Crippen LogP contribution in [0.15, 0.2) is 77.0 Å². The predicted octanol–water partition coefficient (Wildman–Crippen LogP) is 4.58. The molecule has 2 heterocycles. The zero-order valence-electron chi connectivity index (χ0n) is 19.6. The molecule has 0 bridgehead atoms. The average Bonchev–Trinajstić information content (AvgIpc) is 3.15. The Morgan fingerprint density at radius 2 is 1.78 bits per heavy atom. The number of anilines is 1. The van der Waals surface area contributed by atoms with Gasteiger partial charge in [0, 0.05) is 23.6 Å². The molecular formula is C27H23BrN2O6. The molecule has 1 aromatic heterocycles. The van der Waals surface area contributed by atoms with Crippen molar-refractivity contribution in [2.75, 3.05) is 18.6 Å². The number of hydrogen-bond donors (Lipinski definition) is 1. The number of rotatable bonds is 7. The molecule has 0 radical (unpaired) electrons. The molecule has 1 unspecified atom stereocenters. The van der Waals surface area contributed by atoms with E-state index in [-0.39, 0.29) is 30.3 Å². The van der Waals surface area contributed by atoms with Gasteiger partial charge >= 0.3 is 5.97 Å². The minimum Gasteiger partial charge on any atom is -0.507 e. The molecule has 9 heteroatoms. The second-order valence-electron chi connectivity index (χ2n) is 7.95. The van der Waals surface area contributed by atoms with E-state index in [1.807, 2.05) is 0 Å². The van der Waals surface area contributed by atoms with Crippen LogP contribution in [0.2, 0.25) is 0 Å². The van der Waals surface area contributed by atoms with E-state index in [2.05, 4.69) is 20.9 Å². The Bertz CT molecular complexity index is 1340. The summed E-state index contributed by atoms with van der Waals surface area (Å²) in [5.74, 6) is -1.69. The second-order valence-corrected chi connectivity index (χ2v) is 8.80. The van der Waals surface area contributed by atoms with E-state index in [1.165, 1.54) is 12.0 Å². The van der Waals surface area contributed by atoms with Gasteiger partial charge in [-0.05, 0) is 76.4 Å². The highest BCUT2D eigenvalue weighted by Gasteiger charge is 2.47. The number of aromatic nitrogens is 1. The van der Waals surface area contributed by atoms with Crippen molar-refractivity contribution in [1.82, 2.24) is 4.98 Å². The van der Waals surface area contributed by atoms with Crippen LogP contribution in [0.1, 0.15) is 29.7 Å². The summed E-state index contributed by atoms with van der Waals surface area (Å²) in [4.78, 5) is 43.7. The summed E-state index contributed by atoms with van der Waals surface area (Å²) in [5, 5.41) is 11.2. The topological polar surface area (TPSA) is 106 Å². The van der Waals surface area contributed by atoms with Gasteiger partial charge in [-0.2, -0.15) is 0 Å². The maximum Gasteiger partial charge on any atom is 0.310 e. The van der Waals surface area contributed by atoms with E-state index in [9.17, 15) is 19.5 Å². The number of halogens is 1. The number of benzene rings is 2. The zero-order valence-corrected chi connectivity index (χ0v) is 21.2. The van der Waals surface area contributed by atoms with Crippen molar-refractivity contribution in [1.29, 1.82) is 0 Å². The van der Waals surface area contributed by atoms with Gasteiger partial charge in [0.15, 0.2) is 0 Å². The fourth-order valence-corrected chi connectivity index (χ4v) is 4.62. The van der Waals surface area contributed by atoms with Crippen LogP contribution in [0.25, 0.3) is 5.76 Å². The SMILES string of the molecule is CCOC(=O)Cc1ccc(N2C(=O)C(=O)/C(=C(\O)c3ccc(OC)c(Br)c3)C2c2ccncc2)cc1. The normalized spacial score (nSPS) is 16.8. The quantitative estimate of drug-likeness (QED) is 0.198. The summed E-state index contributed by atoms with van der Waals surface area (Å²) >= 11 is 3.39. The molecule has 0 saturated carbocycles. The maximum absolute atomic E-state index is 13.3. The molecule has 2 aromatic carbocycles. The summed E-state index contributed by atoms with van der Waals surface area (Å²) < 4.78 is 10.8. The Morgan fingerprint density at radius 3 is 2.39 bits per heavy atom. The fraction of sp³-hybridized carbons (Fsp3) is 0.185. The van der Waals surface area contributed by atoms with E-state index in [0.717, 1.165) is 0 Å². The van der Waals surface area contributed by atoms with Gasteiger partial charge in [0.25, 0.3) is 11.7 Å². The number of amides is 1. The van der Waals surface area contributed by atoms with Crippen molar-refractivity contribution in [3.05, 3.63) is 93.7 Å². The second kappa shape index (κ2) is 10.7. The monoisotopic (exact) mass is 550 g/mol. The van der Waals surface area contributed by atoms with E-state index >= 15 is 0 Å². The lowest BCUT2D eigenvalue weighted by Crippen LogP contribution is -2.29. The summed E-state index contributed by atoms with van der Waals surface area (Å²) in [6.45, 7) is 2.03. The Kier molecular flexibility index (Phi) is 7.49. The average molecular weight is 551 g/mol. The van der Waals surface area contributed by atoms with Gasteiger partial charge in [-0.3, -0.25) is 24.3 Å². The van der Waals surface area contributed by atoms with Crippen molar-refractivity contribution in [3.63, 3.8) is 0 Å². The van der Waals surface area contributed by atoms with Crippen molar-refractivity contribution in [3.8, 4) is 5.75 Å². The number of ether oxygens (including phenoxy) is 2. The minimum atomic E-state index is -0.884. The van der Waals surface area contributed by atoms with Crippen molar-refractivity contribution < 1.29 is 29.0 Å². The first-order valence-electron chi connectivity index (χ1n) is 11.1. The molecule has 4 rings (SSSR count). The Labute approximate surface area is 216 Å². The van der Waals surface area contributed by atoms with Crippen LogP contribution in [0.4, 0.5) is 5.69 Å². The maximum atomic E-state index is 13.3. The van der Waals surface area contributed by atoms with Crippen molar-refractivity contribution in [2.24, 2.45) is 0 Å². The number of pyridine rings is 1. The van der Waals surface area contributed by atoms with Crippen LogP contribution in [-0.2, 0) is 25.5 Å². The molecule has 0 spiro atoms. The van der Waals surface area contributed by atoms with Crippen LogP contribution < -0.4 is 9.64 Å². The molecule has 1 aliphatic heterocycles. The third-order valence-electron chi connectivity index (χ3n) is 5.76. The number of methoxy groups -OCH3 is 1. The number of hydrogen-bond acceptors (Lipinski definition) is 7. The highest BCUT2D eigenvalue weighted by molar-refractivity contribution is 9.10. The number of nitrogens with zero attached hydrogens (tertiary/aromatic N) is 2. The first-order chi connectivity index (χ1) is 17.3. The third-order valence-corrected chi connectivity index (χ3v) is 6.38. The molecule has 1 N–H and O–H groups in total. The van der Waals surface area contributed by atoms with E-state index in [1.54, 1.807) is 73.9 Å². The molecular weight excluding hydrogens is 528 g/mol. The van der Waals surface area contributed by atoms with Crippen LogP contribution in [0.5, 0.6) is 5.75 Å². The van der Waals surface area contributed by atoms with Gasteiger partial charge in [-0.1, -0.05) is 12.1 Å². The number of carbonyl (C=O) groups excluding carboxylic acids is 3. The summed E-state index contributed by atoms with van der Waals surface area (Å²) in [7, 11) is 1.52. The lowest BCUT2D eigenvalue weighted by atomic mass is 9.95. The molecule has 8 nitrogen and oxygen atoms in total.